The van der Waals surface area contributed by atoms with Gasteiger partial charge in [0.1, 0.15) is 5.82 Å². The van der Waals surface area contributed by atoms with Crippen LogP contribution < -0.4 is 10.7 Å². The van der Waals surface area contributed by atoms with E-state index < -0.39 is 0 Å². The van der Waals surface area contributed by atoms with Gasteiger partial charge in [0, 0.05) is 18.9 Å². The summed E-state index contributed by atoms with van der Waals surface area (Å²) >= 11 is 0. The van der Waals surface area contributed by atoms with E-state index in [1.54, 1.807) is 36.7 Å². The van der Waals surface area contributed by atoms with Crippen LogP contribution in [0.25, 0.3) is 0 Å². The van der Waals surface area contributed by atoms with E-state index in [2.05, 4.69) is 10.7 Å². The smallest absolute Gasteiger partial charge is 0.332 e. The van der Waals surface area contributed by atoms with Gasteiger partial charge in [-0.1, -0.05) is 12.1 Å². The van der Waals surface area contributed by atoms with Gasteiger partial charge in [-0.15, -0.1) is 0 Å². The highest BCUT2D eigenvalue weighted by Gasteiger charge is 2.09. The lowest BCUT2D eigenvalue weighted by atomic mass is 10.2. The van der Waals surface area contributed by atoms with Crippen molar-refractivity contribution >= 4 is 6.03 Å². The number of benzene rings is 1. The summed E-state index contributed by atoms with van der Waals surface area (Å²) in [6.07, 6.45) is 6.79. The highest BCUT2D eigenvalue weighted by molar-refractivity contribution is 5.75. The van der Waals surface area contributed by atoms with Gasteiger partial charge in [0.2, 0.25) is 0 Å². The average Bonchev–Trinajstić information content (AvgIpc) is 2.39. The maximum absolute atomic E-state index is 12.7. The van der Waals surface area contributed by atoms with Crippen LogP contribution in [0, 0.1) is 5.82 Å². The Morgan fingerprint density at radius 2 is 2.06 bits per heavy atom. The first-order valence-electron chi connectivity index (χ1n) is 5.17. The molecule has 88 valence electrons. The molecular formula is C12H12FN3O. The molecule has 1 aliphatic rings. The zero-order valence-corrected chi connectivity index (χ0v) is 9.06. The Kier molecular flexibility index (Phi) is 3.40. The van der Waals surface area contributed by atoms with Crippen LogP contribution in [0.3, 0.4) is 0 Å². The minimum absolute atomic E-state index is 0.269. The molecule has 0 saturated heterocycles. The molecule has 2 N–H and O–H groups in total. The SMILES string of the molecule is O=C(NCc1ccc(F)cc1)N1C=CC=CN1. The van der Waals surface area contributed by atoms with Crippen molar-refractivity contribution in [2.75, 3.05) is 0 Å². The molecule has 17 heavy (non-hydrogen) atoms. The maximum atomic E-state index is 12.7. The number of carbonyl (C=O) groups excluding carboxylic acids is 1. The van der Waals surface area contributed by atoms with Crippen molar-refractivity contribution in [1.82, 2.24) is 15.8 Å². The van der Waals surface area contributed by atoms with E-state index in [9.17, 15) is 9.18 Å². The predicted molar refractivity (Wildman–Crippen MR) is 61.9 cm³/mol. The van der Waals surface area contributed by atoms with E-state index in [4.69, 9.17) is 0 Å². The van der Waals surface area contributed by atoms with E-state index in [-0.39, 0.29) is 11.8 Å². The van der Waals surface area contributed by atoms with Crippen molar-refractivity contribution in [2.45, 2.75) is 6.54 Å². The third-order valence-electron chi connectivity index (χ3n) is 2.23. The van der Waals surface area contributed by atoms with Gasteiger partial charge in [0.15, 0.2) is 0 Å². The molecule has 1 heterocycles. The molecule has 0 bridgehead atoms. The monoisotopic (exact) mass is 233 g/mol. The van der Waals surface area contributed by atoms with Crippen molar-refractivity contribution in [1.29, 1.82) is 0 Å². The maximum Gasteiger partial charge on any atom is 0.340 e. The van der Waals surface area contributed by atoms with E-state index in [1.807, 2.05) is 0 Å². The first-order valence-corrected chi connectivity index (χ1v) is 5.17. The molecule has 0 aromatic heterocycles. The normalized spacial score (nSPS) is 13.4. The molecule has 0 aliphatic carbocycles. The fourth-order valence-electron chi connectivity index (χ4n) is 1.35. The van der Waals surface area contributed by atoms with Crippen LogP contribution in [0.1, 0.15) is 5.56 Å². The third-order valence-corrected chi connectivity index (χ3v) is 2.23. The number of nitrogens with zero attached hydrogens (tertiary/aromatic N) is 1. The number of halogens is 1. The standard InChI is InChI=1S/C12H12FN3O/c13-11-5-3-10(4-6-11)9-14-12(17)16-8-2-1-7-15-16/h1-8,15H,9H2,(H,14,17). The van der Waals surface area contributed by atoms with Crippen molar-refractivity contribution in [2.24, 2.45) is 0 Å². The molecule has 0 radical (unpaired) electrons. The fraction of sp³-hybridized carbons (Fsp3) is 0.0833. The Labute approximate surface area is 98.4 Å². The number of hydrogen-bond acceptors (Lipinski definition) is 2. The number of nitrogens with one attached hydrogen (secondary N) is 2. The second kappa shape index (κ2) is 5.16. The Bertz CT molecular complexity index is 453. The van der Waals surface area contributed by atoms with Crippen LogP contribution in [0.2, 0.25) is 0 Å². The van der Waals surface area contributed by atoms with Crippen LogP contribution in [0.4, 0.5) is 9.18 Å². The lowest BCUT2D eigenvalue weighted by molar-refractivity contribution is 0.204. The molecule has 0 unspecified atom stereocenters. The Morgan fingerprint density at radius 1 is 1.29 bits per heavy atom. The number of allylic oxidation sites excluding steroid dienone is 2. The number of rotatable bonds is 2. The van der Waals surface area contributed by atoms with Crippen molar-refractivity contribution in [3.05, 3.63) is 60.2 Å². The summed E-state index contributed by atoms with van der Waals surface area (Å²) < 4.78 is 12.7. The molecule has 0 spiro atoms. The van der Waals surface area contributed by atoms with Gasteiger partial charge in [-0.05, 0) is 29.8 Å². The van der Waals surface area contributed by atoms with Gasteiger partial charge in [-0.3, -0.25) is 5.43 Å². The zero-order chi connectivity index (χ0) is 12.1. The summed E-state index contributed by atoms with van der Waals surface area (Å²) in [4.78, 5) is 11.6. The van der Waals surface area contributed by atoms with E-state index in [0.717, 1.165) is 5.56 Å². The van der Waals surface area contributed by atoms with Gasteiger partial charge in [0.05, 0.1) is 0 Å². The third kappa shape index (κ3) is 3.07. The Hall–Kier alpha value is -2.30. The van der Waals surface area contributed by atoms with Gasteiger partial charge in [-0.25, -0.2) is 14.2 Å². The molecule has 0 fully saturated rings. The van der Waals surface area contributed by atoms with E-state index in [1.165, 1.54) is 17.1 Å². The topological polar surface area (TPSA) is 44.4 Å². The van der Waals surface area contributed by atoms with E-state index in [0.29, 0.717) is 6.54 Å². The average molecular weight is 233 g/mol. The fourth-order valence-corrected chi connectivity index (χ4v) is 1.35. The van der Waals surface area contributed by atoms with Gasteiger partial charge in [-0.2, -0.15) is 0 Å². The van der Waals surface area contributed by atoms with Crippen LogP contribution in [-0.2, 0) is 6.54 Å². The molecule has 0 atom stereocenters. The lowest BCUT2D eigenvalue weighted by Gasteiger charge is -2.20. The molecule has 1 aromatic rings. The molecule has 4 nitrogen and oxygen atoms in total. The summed E-state index contributed by atoms with van der Waals surface area (Å²) in [5.74, 6) is -0.286. The Morgan fingerprint density at radius 3 is 2.71 bits per heavy atom. The summed E-state index contributed by atoms with van der Waals surface area (Å²) in [5.41, 5.74) is 3.60. The first-order chi connectivity index (χ1) is 8.25. The highest BCUT2D eigenvalue weighted by atomic mass is 19.1. The Balaban J connectivity index is 1.85. The van der Waals surface area contributed by atoms with Crippen LogP contribution in [0.15, 0.2) is 48.8 Å². The summed E-state index contributed by atoms with van der Waals surface area (Å²) in [6.45, 7) is 0.356. The minimum atomic E-state index is -0.286. The van der Waals surface area contributed by atoms with Crippen molar-refractivity contribution in [3.63, 3.8) is 0 Å². The molecule has 0 saturated carbocycles. The first kappa shape index (κ1) is 11.2. The van der Waals surface area contributed by atoms with Gasteiger partial charge >= 0.3 is 6.03 Å². The van der Waals surface area contributed by atoms with Crippen molar-refractivity contribution in [3.8, 4) is 0 Å². The van der Waals surface area contributed by atoms with Gasteiger partial charge in [0.25, 0.3) is 0 Å². The molecule has 2 amide bonds. The second-order valence-corrected chi connectivity index (χ2v) is 3.48. The van der Waals surface area contributed by atoms with E-state index >= 15 is 0 Å². The quantitative estimate of drug-likeness (QED) is 0.819. The van der Waals surface area contributed by atoms with Crippen LogP contribution in [0.5, 0.6) is 0 Å². The number of urea groups is 1. The summed E-state index contributed by atoms with van der Waals surface area (Å²) in [6, 6.07) is 5.73. The number of carbonyl (C=O) groups is 1. The van der Waals surface area contributed by atoms with Crippen molar-refractivity contribution < 1.29 is 9.18 Å². The molecule has 1 aromatic carbocycles. The summed E-state index contributed by atoms with van der Waals surface area (Å²) in [5, 5.41) is 4.03. The summed E-state index contributed by atoms with van der Waals surface area (Å²) in [7, 11) is 0. The van der Waals surface area contributed by atoms with Crippen LogP contribution >= 0.6 is 0 Å². The molecule has 2 rings (SSSR count). The van der Waals surface area contributed by atoms with Gasteiger partial charge < -0.3 is 5.32 Å². The molecular weight excluding hydrogens is 221 g/mol. The largest absolute Gasteiger partial charge is 0.340 e. The highest BCUT2D eigenvalue weighted by Crippen LogP contribution is 2.02. The van der Waals surface area contributed by atoms with Crippen LogP contribution in [-0.4, -0.2) is 11.0 Å². The zero-order valence-electron chi connectivity index (χ0n) is 9.06. The number of hydrazine groups is 1. The molecule has 1 aliphatic heterocycles. The lowest BCUT2D eigenvalue weighted by Crippen LogP contribution is -2.43. The second-order valence-electron chi connectivity index (χ2n) is 3.48. The molecule has 5 heteroatoms. The number of amides is 2. The number of hydrogen-bond donors (Lipinski definition) is 2. The predicted octanol–water partition coefficient (Wildman–Crippen LogP) is 1.88. The minimum Gasteiger partial charge on any atom is -0.332 e.